The van der Waals surface area contributed by atoms with Gasteiger partial charge in [0.1, 0.15) is 5.69 Å². The topological polar surface area (TPSA) is 33.2 Å². The van der Waals surface area contributed by atoms with E-state index in [0.29, 0.717) is 22.7 Å². The largest absolute Gasteiger partial charge is 0.334 e. The van der Waals surface area contributed by atoms with Crippen LogP contribution in [0.15, 0.2) is 18.3 Å². The zero-order chi connectivity index (χ0) is 14.5. The highest BCUT2D eigenvalue weighted by atomic mass is 35.5. The predicted molar refractivity (Wildman–Crippen MR) is 82.0 cm³/mol. The van der Waals surface area contributed by atoms with E-state index in [4.69, 9.17) is 11.6 Å². The monoisotopic (exact) mass is 294 g/mol. The van der Waals surface area contributed by atoms with E-state index in [9.17, 15) is 4.79 Å². The van der Waals surface area contributed by atoms with Gasteiger partial charge in [0.25, 0.3) is 5.91 Å². The van der Waals surface area contributed by atoms with Gasteiger partial charge in [-0.15, -0.1) is 0 Å². The second kappa shape index (κ2) is 7.07. The summed E-state index contributed by atoms with van der Waals surface area (Å²) in [5.41, 5.74) is 0.466. The van der Waals surface area contributed by atoms with E-state index >= 15 is 0 Å². The van der Waals surface area contributed by atoms with Gasteiger partial charge in [-0.2, -0.15) is 0 Å². The second-order valence-corrected chi connectivity index (χ2v) is 6.42. The van der Waals surface area contributed by atoms with Gasteiger partial charge in [0.05, 0.1) is 0 Å². The summed E-state index contributed by atoms with van der Waals surface area (Å²) in [6, 6.07) is 3.75. The summed E-state index contributed by atoms with van der Waals surface area (Å²) in [5.74, 6) is 0.624. The fraction of sp³-hybridized carbons (Fsp3) is 0.625. The maximum Gasteiger partial charge on any atom is 0.272 e. The molecule has 1 aromatic heterocycles. The Morgan fingerprint density at radius 2 is 2.15 bits per heavy atom. The van der Waals surface area contributed by atoms with Crippen LogP contribution in [0.1, 0.15) is 56.4 Å². The number of halogens is 1. The first kappa shape index (κ1) is 15.3. The highest BCUT2D eigenvalue weighted by molar-refractivity contribution is 6.30. The first-order valence-electron chi connectivity index (χ1n) is 7.50. The average Bonchev–Trinajstić information content (AvgIpc) is 2.92. The molecular weight excluding hydrogens is 272 g/mol. The van der Waals surface area contributed by atoms with Gasteiger partial charge in [0, 0.05) is 23.8 Å². The average molecular weight is 295 g/mol. The van der Waals surface area contributed by atoms with Crippen molar-refractivity contribution in [1.82, 2.24) is 9.88 Å². The molecule has 1 aromatic rings. The number of amides is 1. The van der Waals surface area contributed by atoms with Gasteiger partial charge in [-0.25, -0.2) is 0 Å². The minimum atomic E-state index is 0.0278. The first-order valence-corrected chi connectivity index (χ1v) is 7.88. The minimum absolute atomic E-state index is 0.0278. The molecule has 3 nitrogen and oxygen atoms in total. The van der Waals surface area contributed by atoms with Crippen molar-refractivity contribution < 1.29 is 4.79 Å². The Kier molecular flexibility index (Phi) is 5.41. The molecule has 0 saturated heterocycles. The van der Waals surface area contributed by atoms with Crippen LogP contribution in [-0.4, -0.2) is 28.4 Å². The quantitative estimate of drug-likeness (QED) is 0.817. The molecule has 0 radical (unpaired) electrons. The van der Waals surface area contributed by atoms with Crippen LogP contribution in [-0.2, 0) is 0 Å². The van der Waals surface area contributed by atoms with Crippen LogP contribution < -0.4 is 0 Å². The molecule has 2 rings (SSSR count). The van der Waals surface area contributed by atoms with E-state index in [-0.39, 0.29) is 5.91 Å². The van der Waals surface area contributed by atoms with Crippen LogP contribution in [0.3, 0.4) is 0 Å². The molecule has 0 spiro atoms. The third-order valence-electron chi connectivity index (χ3n) is 3.91. The highest BCUT2D eigenvalue weighted by Gasteiger charge is 2.28. The molecule has 1 aliphatic rings. The lowest BCUT2D eigenvalue weighted by molar-refractivity contribution is 0.0666. The van der Waals surface area contributed by atoms with E-state index in [1.165, 1.54) is 12.8 Å². The van der Waals surface area contributed by atoms with Crippen molar-refractivity contribution in [1.29, 1.82) is 0 Å². The van der Waals surface area contributed by atoms with Crippen molar-refractivity contribution in [2.75, 3.05) is 6.54 Å². The van der Waals surface area contributed by atoms with Gasteiger partial charge in [0.15, 0.2) is 0 Å². The number of rotatable bonds is 5. The molecule has 0 bridgehead atoms. The number of hydrogen-bond acceptors (Lipinski definition) is 2. The SMILES string of the molecule is CC(C)CCN(C(=O)c1cc(Cl)ccn1)C1CCCC1. The number of pyridine rings is 1. The molecule has 0 unspecified atom stereocenters. The standard InChI is InChI=1S/C16H23ClN2O/c1-12(2)8-10-19(14-5-3-4-6-14)16(20)15-11-13(17)7-9-18-15/h7,9,11-12,14H,3-6,8,10H2,1-2H3. The number of nitrogens with zero attached hydrogens (tertiary/aromatic N) is 2. The highest BCUT2D eigenvalue weighted by Crippen LogP contribution is 2.25. The Hall–Kier alpha value is -1.09. The molecule has 1 heterocycles. The molecule has 0 N–H and O–H groups in total. The third kappa shape index (κ3) is 3.95. The van der Waals surface area contributed by atoms with Crippen molar-refractivity contribution in [3.05, 3.63) is 29.0 Å². The maximum absolute atomic E-state index is 12.7. The lowest BCUT2D eigenvalue weighted by atomic mass is 10.1. The van der Waals surface area contributed by atoms with Gasteiger partial charge in [-0.1, -0.05) is 38.3 Å². The summed E-state index contributed by atoms with van der Waals surface area (Å²) in [6.07, 6.45) is 7.31. The molecule has 0 aromatic carbocycles. The number of aromatic nitrogens is 1. The molecule has 1 amide bonds. The van der Waals surface area contributed by atoms with E-state index < -0.39 is 0 Å². The summed E-state index contributed by atoms with van der Waals surface area (Å²) in [7, 11) is 0. The van der Waals surface area contributed by atoms with Crippen molar-refractivity contribution >= 4 is 17.5 Å². The molecule has 0 atom stereocenters. The molecule has 4 heteroatoms. The smallest absolute Gasteiger partial charge is 0.272 e. The summed E-state index contributed by atoms with van der Waals surface area (Å²) in [6.45, 7) is 5.19. The summed E-state index contributed by atoms with van der Waals surface area (Å²) < 4.78 is 0. The molecule has 1 saturated carbocycles. The number of hydrogen-bond donors (Lipinski definition) is 0. The van der Waals surface area contributed by atoms with Crippen molar-refractivity contribution in [3.8, 4) is 0 Å². The Balaban J connectivity index is 2.14. The summed E-state index contributed by atoms with van der Waals surface area (Å²) >= 11 is 5.97. The second-order valence-electron chi connectivity index (χ2n) is 5.98. The maximum atomic E-state index is 12.7. The fourth-order valence-electron chi connectivity index (χ4n) is 2.73. The van der Waals surface area contributed by atoms with Gasteiger partial charge in [0.2, 0.25) is 0 Å². The van der Waals surface area contributed by atoms with E-state index in [1.807, 2.05) is 4.90 Å². The van der Waals surface area contributed by atoms with Crippen molar-refractivity contribution in [2.45, 2.75) is 52.0 Å². The zero-order valence-electron chi connectivity index (χ0n) is 12.3. The summed E-state index contributed by atoms with van der Waals surface area (Å²) in [5, 5.41) is 0.568. The molecular formula is C16H23ClN2O. The van der Waals surface area contributed by atoms with Gasteiger partial charge in [-0.3, -0.25) is 9.78 Å². The summed E-state index contributed by atoms with van der Waals surface area (Å²) in [4.78, 5) is 18.9. The molecule has 0 aliphatic heterocycles. The van der Waals surface area contributed by atoms with Crippen LogP contribution >= 0.6 is 11.6 Å². The normalized spacial score (nSPS) is 15.8. The third-order valence-corrected chi connectivity index (χ3v) is 4.15. The van der Waals surface area contributed by atoms with Crippen LogP contribution in [0.4, 0.5) is 0 Å². The van der Waals surface area contributed by atoms with Gasteiger partial charge in [-0.05, 0) is 37.3 Å². The van der Waals surface area contributed by atoms with Crippen LogP contribution in [0.5, 0.6) is 0 Å². The Morgan fingerprint density at radius 1 is 1.45 bits per heavy atom. The van der Waals surface area contributed by atoms with E-state index in [1.54, 1.807) is 18.3 Å². The van der Waals surface area contributed by atoms with Crippen LogP contribution in [0.25, 0.3) is 0 Å². The lowest BCUT2D eigenvalue weighted by Gasteiger charge is -2.29. The van der Waals surface area contributed by atoms with E-state index in [0.717, 1.165) is 25.8 Å². The van der Waals surface area contributed by atoms with Gasteiger partial charge >= 0.3 is 0 Å². The van der Waals surface area contributed by atoms with Crippen LogP contribution in [0.2, 0.25) is 5.02 Å². The Morgan fingerprint density at radius 3 is 2.75 bits per heavy atom. The number of carbonyl (C=O) groups excluding carboxylic acids is 1. The first-order chi connectivity index (χ1) is 9.58. The molecule has 20 heavy (non-hydrogen) atoms. The molecule has 1 aliphatic carbocycles. The van der Waals surface area contributed by atoms with Crippen molar-refractivity contribution in [2.24, 2.45) is 5.92 Å². The number of carbonyl (C=O) groups is 1. The predicted octanol–water partition coefficient (Wildman–Crippen LogP) is 4.17. The molecule has 1 fully saturated rings. The van der Waals surface area contributed by atoms with Gasteiger partial charge < -0.3 is 4.90 Å². The van der Waals surface area contributed by atoms with Crippen molar-refractivity contribution in [3.63, 3.8) is 0 Å². The fourth-order valence-corrected chi connectivity index (χ4v) is 2.89. The Bertz CT molecular complexity index is 456. The van der Waals surface area contributed by atoms with Crippen LogP contribution in [0, 0.1) is 5.92 Å². The minimum Gasteiger partial charge on any atom is -0.334 e. The molecule has 110 valence electrons. The lowest BCUT2D eigenvalue weighted by Crippen LogP contribution is -2.40. The van der Waals surface area contributed by atoms with E-state index in [2.05, 4.69) is 18.8 Å². The zero-order valence-corrected chi connectivity index (χ0v) is 13.1. The Labute approximate surface area is 126 Å².